The van der Waals surface area contributed by atoms with Crippen molar-refractivity contribution in [1.82, 2.24) is 20.0 Å². The molecule has 1 amide bonds. The summed E-state index contributed by atoms with van der Waals surface area (Å²) in [5.74, 6) is 0.576. The van der Waals surface area contributed by atoms with Gasteiger partial charge in [-0.05, 0) is 44.1 Å². The molecule has 2 aromatic rings. The third-order valence-electron chi connectivity index (χ3n) is 6.90. The first-order valence-electron chi connectivity index (χ1n) is 11.2. The lowest BCUT2D eigenvalue weighted by atomic mass is 9.78. The number of amides is 1. The zero-order valence-corrected chi connectivity index (χ0v) is 18.3. The Morgan fingerprint density at radius 1 is 1.27 bits per heavy atom. The molecular weight excluding hydrogens is 376 g/mol. The maximum atomic E-state index is 12.5. The van der Waals surface area contributed by atoms with Crippen LogP contribution in [0.25, 0.3) is 0 Å². The number of rotatable bonds is 6. The molecule has 6 nitrogen and oxygen atoms in total. The summed E-state index contributed by atoms with van der Waals surface area (Å²) in [4.78, 5) is 15.0. The Balaban J connectivity index is 1.24. The van der Waals surface area contributed by atoms with Gasteiger partial charge in [-0.1, -0.05) is 30.3 Å². The van der Waals surface area contributed by atoms with Crippen LogP contribution in [0.5, 0.6) is 0 Å². The second-order valence-electron chi connectivity index (χ2n) is 9.01. The number of nitrogens with zero attached hydrogens (tertiary/aromatic N) is 3. The molecule has 30 heavy (non-hydrogen) atoms. The van der Waals surface area contributed by atoms with Crippen LogP contribution in [0, 0.1) is 12.8 Å². The maximum absolute atomic E-state index is 12.5. The van der Waals surface area contributed by atoms with E-state index in [4.69, 9.17) is 4.74 Å². The summed E-state index contributed by atoms with van der Waals surface area (Å²) < 4.78 is 8.24. The van der Waals surface area contributed by atoms with Crippen LogP contribution in [-0.4, -0.2) is 45.9 Å². The minimum Gasteiger partial charge on any atom is -0.375 e. The smallest absolute Gasteiger partial charge is 0.220 e. The number of hydrogen-bond donors (Lipinski definition) is 1. The second kappa shape index (κ2) is 9.31. The summed E-state index contributed by atoms with van der Waals surface area (Å²) in [6, 6.07) is 10.1. The van der Waals surface area contributed by atoms with Crippen LogP contribution in [-0.2, 0) is 29.7 Å². The Kier molecular flexibility index (Phi) is 6.54. The quantitative estimate of drug-likeness (QED) is 0.795. The van der Waals surface area contributed by atoms with Gasteiger partial charge < -0.3 is 10.1 Å². The van der Waals surface area contributed by atoms with Crippen molar-refractivity contribution in [3.05, 3.63) is 53.3 Å². The van der Waals surface area contributed by atoms with Crippen LogP contribution in [0.3, 0.4) is 0 Å². The fourth-order valence-corrected chi connectivity index (χ4v) is 4.84. The molecule has 2 aliphatic rings. The van der Waals surface area contributed by atoms with Gasteiger partial charge in [0, 0.05) is 57.5 Å². The first-order chi connectivity index (χ1) is 14.5. The van der Waals surface area contributed by atoms with Crippen molar-refractivity contribution in [2.24, 2.45) is 13.0 Å². The van der Waals surface area contributed by atoms with Gasteiger partial charge in [0.15, 0.2) is 0 Å². The average molecular weight is 411 g/mol. The van der Waals surface area contributed by atoms with Crippen molar-refractivity contribution in [1.29, 1.82) is 0 Å². The van der Waals surface area contributed by atoms with Crippen molar-refractivity contribution in [2.45, 2.75) is 57.7 Å². The minimum atomic E-state index is -0.0386. The largest absolute Gasteiger partial charge is 0.375 e. The highest BCUT2D eigenvalue weighted by molar-refractivity contribution is 5.76. The van der Waals surface area contributed by atoms with Gasteiger partial charge in [0.05, 0.1) is 11.8 Å². The molecule has 2 saturated heterocycles. The SMILES string of the molecule is Cc1c(CN2CCC3(CC2)CC(CC(=O)NCc2ccccc2)CCO3)cnn1C. The van der Waals surface area contributed by atoms with Crippen molar-refractivity contribution >= 4 is 5.91 Å². The van der Waals surface area contributed by atoms with Crippen LogP contribution >= 0.6 is 0 Å². The van der Waals surface area contributed by atoms with Gasteiger partial charge in [0.25, 0.3) is 0 Å². The van der Waals surface area contributed by atoms with Crippen molar-refractivity contribution in [3.63, 3.8) is 0 Å². The van der Waals surface area contributed by atoms with E-state index < -0.39 is 0 Å². The normalized spacial score (nSPS) is 21.6. The first-order valence-corrected chi connectivity index (χ1v) is 11.2. The molecular formula is C24H34N4O2. The summed E-state index contributed by atoms with van der Waals surface area (Å²) in [5.41, 5.74) is 3.66. The highest BCUT2D eigenvalue weighted by atomic mass is 16.5. The first kappa shape index (κ1) is 21.1. The number of hydrogen-bond acceptors (Lipinski definition) is 4. The molecule has 2 aliphatic heterocycles. The zero-order valence-electron chi connectivity index (χ0n) is 18.3. The number of aryl methyl sites for hydroxylation is 1. The van der Waals surface area contributed by atoms with E-state index in [1.807, 2.05) is 48.3 Å². The van der Waals surface area contributed by atoms with Crippen LogP contribution in [0.1, 0.15) is 48.9 Å². The van der Waals surface area contributed by atoms with Crippen LogP contribution in [0.4, 0.5) is 0 Å². The van der Waals surface area contributed by atoms with E-state index in [1.54, 1.807) is 0 Å². The Morgan fingerprint density at radius 3 is 2.73 bits per heavy atom. The Bertz CT molecular complexity index is 840. The standard InChI is InChI=1S/C24H34N4O2/c1-19-22(17-26-27(19)2)18-28-11-9-24(10-12-28)15-21(8-13-30-24)14-23(29)25-16-20-6-4-3-5-7-20/h3-7,17,21H,8-16,18H2,1-2H3,(H,25,29). The maximum Gasteiger partial charge on any atom is 0.220 e. The summed E-state index contributed by atoms with van der Waals surface area (Å²) in [5, 5.41) is 7.45. The number of piperidine rings is 1. The van der Waals surface area contributed by atoms with E-state index in [9.17, 15) is 4.79 Å². The van der Waals surface area contributed by atoms with Crippen LogP contribution in [0.15, 0.2) is 36.5 Å². The monoisotopic (exact) mass is 410 g/mol. The molecule has 0 aliphatic carbocycles. The third-order valence-corrected chi connectivity index (χ3v) is 6.90. The van der Waals surface area contributed by atoms with Crippen molar-refractivity contribution < 1.29 is 9.53 Å². The van der Waals surface area contributed by atoms with E-state index in [0.29, 0.717) is 18.9 Å². The summed E-state index contributed by atoms with van der Waals surface area (Å²) in [6.07, 6.45) is 6.69. The molecule has 0 bridgehead atoms. The average Bonchev–Trinajstić information content (AvgIpc) is 3.07. The highest BCUT2D eigenvalue weighted by Gasteiger charge is 2.40. The molecule has 0 radical (unpaired) electrons. The molecule has 1 atom stereocenters. The van der Waals surface area contributed by atoms with Gasteiger partial charge in [-0.25, -0.2) is 0 Å². The number of aromatic nitrogens is 2. The van der Waals surface area contributed by atoms with Gasteiger partial charge in [0.1, 0.15) is 0 Å². The molecule has 1 aromatic heterocycles. The fourth-order valence-electron chi connectivity index (χ4n) is 4.84. The third kappa shape index (κ3) is 5.10. The van der Waals surface area contributed by atoms with E-state index in [2.05, 4.69) is 22.2 Å². The molecule has 1 N–H and O–H groups in total. The molecule has 3 heterocycles. The molecule has 1 aromatic carbocycles. The lowest BCUT2D eigenvalue weighted by Crippen LogP contribution is -2.49. The number of nitrogens with one attached hydrogen (secondary N) is 1. The summed E-state index contributed by atoms with van der Waals surface area (Å²) >= 11 is 0. The van der Waals surface area contributed by atoms with Gasteiger partial charge in [-0.15, -0.1) is 0 Å². The van der Waals surface area contributed by atoms with Gasteiger partial charge in [-0.2, -0.15) is 5.10 Å². The number of benzene rings is 1. The van der Waals surface area contributed by atoms with E-state index in [1.165, 1.54) is 11.3 Å². The lowest BCUT2D eigenvalue weighted by molar-refractivity contribution is -0.136. The zero-order chi connectivity index (χ0) is 21.0. The highest BCUT2D eigenvalue weighted by Crippen LogP contribution is 2.39. The molecule has 2 fully saturated rings. The minimum absolute atomic E-state index is 0.0386. The molecule has 1 unspecified atom stereocenters. The lowest BCUT2D eigenvalue weighted by Gasteiger charge is -2.46. The Labute approximate surface area is 179 Å². The summed E-state index contributed by atoms with van der Waals surface area (Å²) in [7, 11) is 2.00. The van der Waals surface area contributed by atoms with Crippen LogP contribution < -0.4 is 5.32 Å². The molecule has 162 valence electrons. The fraction of sp³-hybridized carbons (Fsp3) is 0.583. The van der Waals surface area contributed by atoms with Crippen molar-refractivity contribution in [3.8, 4) is 0 Å². The number of likely N-dealkylation sites (tertiary alicyclic amines) is 1. The molecule has 1 spiro atoms. The molecule has 0 saturated carbocycles. The van der Waals surface area contributed by atoms with E-state index in [-0.39, 0.29) is 11.5 Å². The molecule has 4 rings (SSSR count). The van der Waals surface area contributed by atoms with Gasteiger partial charge in [0.2, 0.25) is 5.91 Å². The Hall–Kier alpha value is -2.18. The van der Waals surface area contributed by atoms with Gasteiger partial charge >= 0.3 is 0 Å². The van der Waals surface area contributed by atoms with Crippen LogP contribution in [0.2, 0.25) is 0 Å². The second-order valence-corrected chi connectivity index (χ2v) is 9.01. The summed E-state index contributed by atoms with van der Waals surface area (Å²) in [6.45, 7) is 6.56. The Morgan fingerprint density at radius 2 is 2.03 bits per heavy atom. The molecule has 6 heteroatoms. The van der Waals surface area contributed by atoms with E-state index in [0.717, 1.165) is 57.5 Å². The number of ether oxygens (including phenoxy) is 1. The predicted octanol–water partition coefficient (Wildman–Crippen LogP) is 3.20. The topological polar surface area (TPSA) is 59.4 Å². The predicted molar refractivity (Wildman–Crippen MR) is 117 cm³/mol. The van der Waals surface area contributed by atoms with Gasteiger partial charge in [-0.3, -0.25) is 14.4 Å². The number of carbonyl (C=O) groups is 1. The number of carbonyl (C=O) groups excluding carboxylic acids is 1. The van der Waals surface area contributed by atoms with E-state index >= 15 is 0 Å². The van der Waals surface area contributed by atoms with Crippen molar-refractivity contribution in [2.75, 3.05) is 19.7 Å².